The topological polar surface area (TPSA) is 135 Å². The van der Waals surface area contributed by atoms with E-state index in [1.54, 1.807) is 0 Å². The minimum absolute atomic E-state index is 0.0141. The molecule has 1 aromatic carbocycles. The van der Waals surface area contributed by atoms with Crippen LogP contribution in [0, 0.1) is 17.1 Å². The Morgan fingerprint density at radius 3 is 2.74 bits per heavy atom. The number of imidazole rings is 1. The molecule has 5 rings (SSSR count). The molecular formula is C27H25FN6O4. The first kappa shape index (κ1) is 25.1. The summed E-state index contributed by atoms with van der Waals surface area (Å²) in [4.78, 5) is 28.6. The summed E-state index contributed by atoms with van der Waals surface area (Å²) in [5.41, 5.74) is 3.88. The summed E-state index contributed by atoms with van der Waals surface area (Å²) in [6, 6.07) is 6.85. The Hall–Kier alpha value is -4.59. The number of hydrogen-bond acceptors (Lipinski definition) is 7. The number of nitrogens with zero attached hydrogens (tertiary/aromatic N) is 6. The van der Waals surface area contributed by atoms with Crippen molar-refractivity contribution in [1.29, 1.82) is 5.26 Å². The molecule has 0 atom stereocenters. The van der Waals surface area contributed by atoms with Crippen LogP contribution >= 0.6 is 0 Å². The van der Waals surface area contributed by atoms with Gasteiger partial charge >= 0.3 is 5.97 Å². The Morgan fingerprint density at radius 2 is 2.03 bits per heavy atom. The van der Waals surface area contributed by atoms with Gasteiger partial charge in [-0.25, -0.2) is 14.1 Å². The van der Waals surface area contributed by atoms with Gasteiger partial charge in [-0.15, -0.1) is 5.10 Å². The number of hydrogen-bond donors (Lipinski definition) is 1. The van der Waals surface area contributed by atoms with E-state index in [0.717, 1.165) is 18.4 Å². The van der Waals surface area contributed by atoms with Gasteiger partial charge in [-0.3, -0.25) is 9.59 Å². The molecule has 1 N–H and O–H groups in total. The first-order chi connectivity index (χ1) is 18.4. The highest BCUT2D eigenvalue weighted by atomic mass is 19.1. The van der Waals surface area contributed by atoms with E-state index in [2.05, 4.69) is 16.4 Å². The van der Waals surface area contributed by atoms with Crippen LogP contribution in [0.5, 0.6) is 5.75 Å². The third-order valence-corrected chi connectivity index (χ3v) is 6.65. The number of carboxylic acid groups (broad SMARTS) is 1. The van der Waals surface area contributed by atoms with E-state index in [1.807, 2.05) is 22.9 Å². The average Bonchev–Trinajstić information content (AvgIpc) is 3.52. The molecule has 194 valence electrons. The van der Waals surface area contributed by atoms with Gasteiger partial charge in [0, 0.05) is 30.8 Å². The summed E-state index contributed by atoms with van der Waals surface area (Å²) in [7, 11) is 1.34. The predicted molar refractivity (Wildman–Crippen MR) is 133 cm³/mol. The van der Waals surface area contributed by atoms with Crippen LogP contribution in [0.2, 0.25) is 0 Å². The van der Waals surface area contributed by atoms with Crippen LogP contribution in [0.15, 0.2) is 36.8 Å². The molecule has 1 aliphatic carbocycles. The van der Waals surface area contributed by atoms with Gasteiger partial charge in [0.25, 0.3) is 0 Å². The van der Waals surface area contributed by atoms with Crippen LogP contribution in [0.25, 0.3) is 5.65 Å². The number of carboxylic acids is 1. The Balaban J connectivity index is 1.30. The van der Waals surface area contributed by atoms with Gasteiger partial charge in [-0.2, -0.15) is 5.26 Å². The maximum Gasteiger partial charge on any atom is 0.303 e. The molecule has 4 aromatic rings. The number of benzene rings is 1. The second kappa shape index (κ2) is 10.4. The van der Waals surface area contributed by atoms with Crippen LogP contribution in [0.3, 0.4) is 0 Å². The fourth-order valence-corrected chi connectivity index (χ4v) is 4.53. The highest BCUT2D eigenvalue weighted by Crippen LogP contribution is 2.40. The number of nitriles is 1. The van der Waals surface area contributed by atoms with Gasteiger partial charge in [-0.1, -0.05) is 11.3 Å². The molecule has 38 heavy (non-hydrogen) atoms. The third kappa shape index (κ3) is 5.25. The molecule has 3 aromatic heterocycles. The molecule has 11 heteroatoms. The lowest BCUT2D eigenvalue weighted by molar-refractivity contribution is -0.136. The van der Waals surface area contributed by atoms with Crippen LogP contribution < -0.4 is 4.74 Å². The molecule has 0 bridgehead atoms. The van der Waals surface area contributed by atoms with Crippen molar-refractivity contribution in [2.24, 2.45) is 0 Å². The lowest BCUT2D eigenvalue weighted by atomic mass is 10.0. The highest BCUT2D eigenvalue weighted by molar-refractivity contribution is 5.94. The Bertz CT molecular complexity index is 1580. The molecule has 0 unspecified atom stereocenters. The molecule has 0 spiro atoms. The van der Waals surface area contributed by atoms with E-state index in [1.165, 1.54) is 35.7 Å². The number of Topliss-reactive ketones (excluding diaryl/α,β-unsaturated/α-hetero) is 1. The molecule has 1 aliphatic rings. The van der Waals surface area contributed by atoms with Crippen LogP contribution in [0.1, 0.15) is 70.0 Å². The summed E-state index contributed by atoms with van der Waals surface area (Å²) in [5.74, 6) is -1.32. The fourth-order valence-electron chi connectivity index (χ4n) is 4.53. The van der Waals surface area contributed by atoms with E-state index >= 15 is 0 Å². The monoisotopic (exact) mass is 516 g/mol. The summed E-state index contributed by atoms with van der Waals surface area (Å²) < 4.78 is 23.1. The zero-order valence-electron chi connectivity index (χ0n) is 20.7. The zero-order chi connectivity index (χ0) is 26.8. The number of aryl methyl sites for hydroxylation is 1. The maximum atomic E-state index is 14.6. The number of carbonyl (C=O) groups is 2. The smallest absolute Gasteiger partial charge is 0.303 e. The molecule has 0 radical (unpaired) electrons. The van der Waals surface area contributed by atoms with Crippen molar-refractivity contribution in [2.45, 2.75) is 51.0 Å². The number of rotatable bonds is 11. The standard InChI is InChI=1S/C27H25FN6O4/c1-38-24-8-4-18(11-29)21(26(24)28)6-7-23(35)22-15-34(32-31-22)14-20-13-33-12-19(16-2-3-16)10-17(27(33)30-20)5-9-25(36)37/h4,8,10,12-13,15-16H,2-3,5-7,9,14H2,1H3,(H,36,37). The highest BCUT2D eigenvalue weighted by Gasteiger charge is 2.25. The molecule has 1 fully saturated rings. The first-order valence-electron chi connectivity index (χ1n) is 12.3. The number of methoxy groups -OCH3 is 1. The predicted octanol–water partition coefficient (Wildman–Crippen LogP) is 3.70. The van der Waals surface area contributed by atoms with Crippen molar-refractivity contribution in [1.82, 2.24) is 24.4 Å². The molecule has 0 saturated heterocycles. The maximum absolute atomic E-state index is 14.6. The van der Waals surface area contributed by atoms with Crippen molar-refractivity contribution in [3.8, 4) is 11.8 Å². The van der Waals surface area contributed by atoms with Crippen LogP contribution in [0.4, 0.5) is 4.39 Å². The van der Waals surface area contributed by atoms with Crippen molar-refractivity contribution < 1.29 is 23.8 Å². The van der Waals surface area contributed by atoms with Gasteiger partial charge in [0.1, 0.15) is 11.3 Å². The van der Waals surface area contributed by atoms with E-state index in [0.29, 0.717) is 23.7 Å². The van der Waals surface area contributed by atoms with Gasteiger partial charge < -0.3 is 14.2 Å². The quantitative estimate of drug-likeness (QED) is 0.298. The summed E-state index contributed by atoms with van der Waals surface area (Å²) in [6.45, 7) is 0.266. The van der Waals surface area contributed by atoms with E-state index in [9.17, 15) is 19.2 Å². The fraction of sp³-hybridized carbons (Fsp3) is 0.333. The van der Waals surface area contributed by atoms with Gasteiger partial charge in [0.15, 0.2) is 17.3 Å². The third-order valence-electron chi connectivity index (χ3n) is 6.65. The van der Waals surface area contributed by atoms with Crippen LogP contribution in [-0.2, 0) is 24.2 Å². The number of carbonyl (C=O) groups excluding carboxylic acids is 1. The van der Waals surface area contributed by atoms with Crippen molar-refractivity contribution in [2.75, 3.05) is 7.11 Å². The molecular weight excluding hydrogens is 491 g/mol. The Morgan fingerprint density at radius 1 is 1.21 bits per heavy atom. The van der Waals surface area contributed by atoms with Gasteiger partial charge in [-0.05, 0) is 54.9 Å². The molecule has 1 saturated carbocycles. The summed E-state index contributed by atoms with van der Waals surface area (Å²) >= 11 is 0. The lowest BCUT2D eigenvalue weighted by Gasteiger charge is -2.08. The molecule has 0 aliphatic heterocycles. The van der Waals surface area contributed by atoms with E-state index < -0.39 is 11.8 Å². The number of ketones is 1. The molecule has 10 nitrogen and oxygen atoms in total. The number of aliphatic carboxylic acids is 1. The number of pyridine rings is 1. The normalized spacial score (nSPS) is 13.0. The van der Waals surface area contributed by atoms with Crippen molar-refractivity contribution >= 4 is 17.4 Å². The second-order valence-corrected chi connectivity index (χ2v) is 9.37. The molecule has 0 amide bonds. The minimum Gasteiger partial charge on any atom is -0.494 e. The SMILES string of the molecule is COc1ccc(C#N)c(CCC(=O)c2cn(Cc3cn4cc(C5CC5)cc(CCC(=O)O)c4n3)nn2)c1F. The number of aromatic nitrogens is 5. The number of halogens is 1. The van der Waals surface area contributed by atoms with Crippen LogP contribution in [-0.4, -0.2) is 48.3 Å². The number of ether oxygens (including phenoxy) is 1. The van der Waals surface area contributed by atoms with Gasteiger partial charge in [0.2, 0.25) is 0 Å². The summed E-state index contributed by atoms with van der Waals surface area (Å²) in [5, 5.41) is 26.5. The minimum atomic E-state index is -0.857. The average molecular weight is 517 g/mol. The first-order valence-corrected chi connectivity index (χ1v) is 12.3. The zero-order valence-corrected chi connectivity index (χ0v) is 20.7. The lowest BCUT2D eigenvalue weighted by Crippen LogP contribution is -2.05. The second-order valence-electron chi connectivity index (χ2n) is 9.37. The molecule has 3 heterocycles. The van der Waals surface area contributed by atoms with E-state index in [-0.39, 0.29) is 54.2 Å². The van der Waals surface area contributed by atoms with E-state index in [4.69, 9.17) is 14.8 Å². The Labute approximate surface area is 217 Å². The Kier molecular flexibility index (Phi) is 6.87. The van der Waals surface area contributed by atoms with Gasteiger partial charge in [0.05, 0.1) is 37.2 Å². The summed E-state index contributed by atoms with van der Waals surface area (Å²) in [6.07, 6.45) is 8.07. The van der Waals surface area contributed by atoms with Crippen molar-refractivity contribution in [3.05, 3.63) is 76.2 Å². The van der Waals surface area contributed by atoms with Crippen molar-refractivity contribution in [3.63, 3.8) is 0 Å². The number of fused-ring (bicyclic) bond motifs is 1. The largest absolute Gasteiger partial charge is 0.494 e.